The SMILES string of the molecule is C=C1c2cc(OC)ccc2COc2ccc(Br)cc21. The summed E-state index contributed by atoms with van der Waals surface area (Å²) < 4.78 is 12.2. The summed E-state index contributed by atoms with van der Waals surface area (Å²) in [6.07, 6.45) is 0. The van der Waals surface area contributed by atoms with Crippen molar-refractivity contribution >= 4 is 21.5 Å². The van der Waals surface area contributed by atoms with Gasteiger partial charge in [-0.15, -0.1) is 0 Å². The van der Waals surface area contributed by atoms with Gasteiger partial charge in [0.2, 0.25) is 0 Å². The third-order valence-corrected chi connectivity index (χ3v) is 3.79. The lowest BCUT2D eigenvalue weighted by Gasteiger charge is -2.10. The highest BCUT2D eigenvalue weighted by Gasteiger charge is 2.18. The lowest BCUT2D eigenvalue weighted by molar-refractivity contribution is 0.307. The van der Waals surface area contributed by atoms with Crippen molar-refractivity contribution in [2.75, 3.05) is 7.11 Å². The Hall–Kier alpha value is -1.74. The molecular formula is C16H13BrO2. The van der Waals surface area contributed by atoms with Crippen LogP contribution in [0.5, 0.6) is 11.5 Å². The van der Waals surface area contributed by atoms with Crippen molar-refractivity contribution in [2.45, 2.75) is 6.61 Å². The van der Waals surface area contributed by atoms with Crippen molar-refractivity contribution < 1.29 is 9.47 Å². The molecule has 0 saturated carbocycles. The number of ether oxygens (including phenoxy) is 2. The van der Waals surface area contributed by atoms with Crippen molar-refractivity contribution in [1.29, 1.82) is 0 Å². The van der Waals surface area contributed by atoms with E-state index in [0.717, 1.165) is 38.2 Å². The Morgan fingerprint density at radius 1 is 1.16 bits per heavy atom. The fraction of sp³-hybridized carbons (Fsp3) is 0.125. The molecule has 2 nitrogen and oxygen atoms in total. The van der Waals surface area contributed by atoms with E-state index < -0.39 is 0 Å². The van der Waals surface area contributed by atoms with Crippen molar-refractivity contribution in [2.24, 2.45) is 0 Å². The van der Waals surface area contributed by atoms with Crippen LogP contribution in [-0.2, 0) is 6.61 Å². The Morgan fingerprint density at radius 3 is 2.79 bits per heavy atom. The first-order valence-electron chi connectivity index (χ1n) is 5.98. The molecule has 19 heavy (non-hydrogen) atoms. The van der Waals surface area contributed by atoms with Gasteiger partial charge in [-0.3, -0.25) is 0 Å². The number of hydrogen-bond acceptors (Lipinski definition) is 2. The van der Waals surface area contributed by atoms with E-state index in [0.29, 0.717) is 6.61 Å². The summed E-state index contributed by atoms with van der Waals surface area (Å²) in [5.74, 6) is 1.70. The molecule has 0 saturated heterocycles. The zero-order valence-corrected chi connectivity index (χ0v) is 12.2. The van der Waals surface area contributed by atoms with Gasteiger partial charge in [0.05, 0.1) is 7.11 Å². The molecule has 2 aromatic carbocycles. The standard InChI is InChI=1S/C16H13BrO2/c1-10-14-8-13(18-2)5-3-11(14)9-19-16-6-4-12(17)7-15(10)16/h3-8H,1,9H2,2H3. The maximum atomic E-state index is 5.85. The van der Waals surface area contributed by atoms with Gasteiger partial charge in [0.1, 0.15) is 18.1 Å². The first kappa shape index (κ1) is 12.3. The summed E-state index contributed by atoms with van der Waals surface area (Å²) in [5.41, 5.74) is 4.18. The number of halogens is 1. The van der Waals surface area contributed by atoms with Crippen LogP contribution >= 0.6 is 15.9 Å². The Morgan fingerprint density at radius 2 is 2.00 bits per heavy atom. The largest absolute Gasteiger partial charge is 0.497 e. The zero-order chi connectivity index (χ0) is 13.4. The van der Waals surface area contributed by atoms with Crippen LogP contribution in [0.4, 0.5) is 0 Å². The lowest BCUT2D eigenvalue weighted by Crippen LogP contribution is -1.96. The first-order valence-corrected chi connectivity index (χ1v) is 6.77. The third kappa shape index (κ3) is 2.15. The average Bonchev–Trinajstić information content (AvgIpc) is 2.57. The molecule has 0 N–H and O–H groups in total. The molecule has 0 aromatic heterocycles. The fourth-order valence-corrected chi connectivity index (χ4v) is 2.61. The van der Waals surface area contributed by atoms with Crippen LogP contribution in [0.1, 0.15) is 16.7 Å². The maximum absolute atomic E-state index is 5.85. The molecule has 0 aliphatic carbocycles. The van der Waals surface area contributed by atoms with Crippen molar-refractivity contribution in [3.63, 3.8) is 0 Å². The van der Waals surface area contributed by atoms with Gasteiger partial charge in [-0.1, -0.05) is 28.6 Å². The summed E-state index contributed by atoms with van der Waals surface area (Å²) in [6.45, 7) is 4.77. The molecule has 0 unspecified atom stereocenters. The molecule has 0 bridgehead atoms. The van der Waals surface area contributed by atoms with E-state index in [1.165, 1.54) is 0 Å². The Balaban J connectivity index is 2.18. The Bertz CT molecular complexity index is 662. The van der Waals surface area contributed by atoms with E-state index >= 15 is 0 Å². The smallest absolute Gasteiger partial charge is 0.127 e. The second-order valence-corrected chi connectivity index (χ2v) is 5.35. The van der Waals surface area contributed by atoms with E-state index in [2.05, 4.69) is 22.5 Å². The van der Waals surface area contributed by atoms with Gasteiger partial charge in [-0.2, -0.15) is 0 Å². The molecule has 0 radical (unpaired) electrons. The summed E-state index contributed by atoms with van der Waals surface area (Å²) in [5, 5.41) is 0. The fourth-order valence-electron chi connectivity index (χ4n) is 2.25. The Labute approximate surface area is 120 Å². The summed E-state index contributed by atoms with van der Waals surface area (Å²) >= 11 is 3.49. The zero-order valence-electron chi connectivity index (χ0n) is 10.6. The van der Waals surface area contributed by atoms with E-state index in [1.54, 1.807) is 7.11 Å². The van der Waals surface area contributed by atoms with Gasteiger partial charge in [0, 0.05) is 10.0 Å². The second-order valence-electron chi connectivity index (χ2n) is 4.43. The molecule has 0 fully saturated rings. The number of benzene rings is 2. The van der Waals surface area contributed by atoms with Crippen molar-refractivity contribution in [3.8, 4) is 11.5 Å². The molecule has 1 aliphatic rings. The minimum absolute atomic E-state index is 0.549. The van der Waals surface area contributed by atoms with Crippen molar-refractivity contribution in [1.82, 2.24) is 0 Å². The van der Waals surface area contributed by atoms with Crippen LogP contribution in [0.3, 0.4) is 0 Å². The molecule has 2 aromatic rings. The number of fused-ring (bicyclic) bond motifs is 2. The molecule has 1 heterocycles. The normalized spacial score (nSPS) is 13.1. The summed E-state index contributed by atoms with van der Waals surface area (Å²) in [7, 11) is 1.67. The van der Waals surface area contributed by atoms with Gasteiger partial charge in [0.15, 0.2) is 0 Å². The second kappa shape index (κ2) is 4.74. The molecule has 1 aliphatic heterocycles. The quantitative estimate of drug-likeness (QED) is 0.775. The van der Waals surface area contributed by atoms with Crippen LogP contribution in [0, 0.1) is 0 Å². The molecule has 3 heteroatoms. The van der Waals surface area contributed by atoms with Crippen LogP contribution < -0.4 is 9.47 Å². The molecule has 0 atom stereocenters. The van der Waals surface area contributed by atoms with Gasteiger partial charge >= 0.3 is 0 Å². The highest BCUT2D eigenvalue weighted by Crippen LogP contribution is 2.38. The van der Waals surface area contributed by atoms with Gasteiger partial charge < -0.3 is 9.47 Å². The maximum Gasteiger partial charge on any atom is 0.127 e. The van der Waals surface area contributed by atoms with E-state index in [-0.39, 0.29) is 0 Å². The number of rotatable bonds is 1. The minimum atomic E-state index is 0.549. The molecule has 96 valence electrons. The molecular weight excluding hydrogens is 304 g/mol. The van der Waals surface area contributed by atoms with Gasteiger partial charge in [-0.05, 0) is 47.0 Å². The van der Waals surface area contributed by atoms with E-state index in [1.807, 2.05) is 36.4 Å². The summed E-state index contributed by atoms with van der Waals surface area (Å²) in [4.78, 5) is 0. The van der Waals surface area contributed by atoms with E-state index in [4.69, 9.17) is 9.47 Å². The topological polar surface area (TPSA) is 18.5 Å². The van der Waals surface area contributed by atoms with Gasteiger partial charge in [-0.25, -0.2) is 0 Å². The van der Waals surface area contributed by atoms with Crippen LogP contribution in [-0.4, -0.2) is 7.11 Å². The predicted octanol–water partition coefficient (Wildman–Crippen LogP) is 4.41. The molecule has 0 spiro atoms. The number of methoxy groups -OCH3 is 1. The average molecular weight is 317 g/mol. The van der Waals surface area contributed by atoms with Crippen LogP contribution in [0.15, 0.2) is 47.4 Å². The monoisotopic (exact) mass is 316 g/mol. The first-order chi connectivity index (χ1) is 9.19. The lowest BCUT2D eigenvalue weighted by atomic mass is 9.96. The predicted molar refractivity (Wildman–Crippen MR) is 79.6 cm³/mol. The highest BCUT2D eigenvalue weighted by atomic mass is 79.9. The van der Waals surface area contributed by atoms with E-state index in [9.17, 15) is 0 Å². The Kier molecular flexibility index (Phi) is 3.07. The molecule has 0 amide bonds. The van der Waals surface area contributed by atoms with Crippen LogP contribution in [0.25, 0.3) is 5.57 Å². The summed E-state index contributed by atoms with van der Waals surface area (Å²) in [6, 6.07) is 12.0. The number of hydrogen-bond donors (Lipinski definition) is 0. The van der Waals surface area contributed by atoms with Crippen LogP contribution in [0.2, 0.25) is 0 Å². The van der Waals surface area contributed by atoms with Gasteiger partial charge in [0.25, 0.3) is 0 Å². The third-order valence-electron chi connectivity index (χ3n) is 3.29. The molecule has 3 rings (SSSR count). The highest BCUT2D eigenvalue weighted by molar-refractivity contribution is 9.10. The minimum Gasteiger partial charge on any atom is -0.497 e. The van der Waals surface area contributed by atoms with Crippen molar-refractivity contribution in [3.05, 3.63) is 64.1 Å².